The molecule has 0 saturated heterocycles. The molecule has 0 aromatic heterocycles. The summed E-state index contributed by atoms with van der Waals surface area (Å²) < 4.78 is 16.7. The van der Waals surface area contributed by atoms with E-state index in [4.69, 9.17) is 0 Å². The Morgan fingerprint density at radius 2 is 2.04 bits per heavy atom. The topological polar surface area (TPSA) is 74.6 Å². The van der Waals surface area contributed by atoms with Crippen LogP contribution in [0.1, 0.15) is 52.4 Å². The summed E-state index contributed by atoms with van der Waals surface area (Å²) in [5.41, 5.74) is -1.81. The molecular weight excluding hydrogens is 335 g/mol. The Hall–Kier alpha value is -1.33. The molecule has 2 fully saturated rings. The molecule has 0 heterocycles. The van der Waals surface area contributed by atoms with E-state index in [2.05, 4.69) is 0 Å². The van der Waals surface area contributed by atoms with Gasteiger partial charge in [0.05, 0.1) is 6.10 Å². The van der Waals surface area contributed by atoms with E-state index in [9.17, 15) is 19.8 Å². The van der Waals surface area contributed by atoms with Gasteiger partial charge in [0.1, 0.15) is 12.3 Å². The van der Waals surface area contributed by atoms with Crippen molar-refractivity contribution in [2.75, 3.05) is 6.61 Å². The lowest BCUT2D eigenvalue weighted by Gasteiger charge is -2.62. The van der Waals surface area contributed by atoms with E-state index in [1.165, 1.54) is 0 Å². The lowest BCUT2D eigenvalue weighted by atomic mass is 9.44. The van der Waals surface area contributed by atoms with E-state index in [0.717, 1.165) is 5.57 Å². The molecular formula is C21H27FO4. The van der Waals surface area contributed by atoms with Gasteiger partial charge in [0.15, 0.2) is 11.6 Å². The predicted molar refractivity (Wildman–Crippen MR) is 94.0 cm³/mol. The van der Waals surface area contributed by atoms with Crippen LogP contribution in [-0.4, -0.2) is 40.2 Å². The molecule has 0 unspecified atom stereocenters. The number of carbonyl (C=O) groups is 2. The molecule has 26 heavy (non-hydrogen) atoms. The third-order valence-electron chi connectivity index (χ3n) is 8.07. The molecule has 142 valence electrons. The smallest absolute Gasteiger partial charge is 0.184 e. The van der Waals surface area contributed by atoms with Crippen molar-refractivity contribution in [3.05, 3.63) is 23.3 Å². The van der Waals surface area contributed by atoms with E-state index < -0.39 is 29.2 Å². The Morgan fingerprint density at radius 3 is 2.73 bits per heavy atom. The minimum atomic E-state index is -1.78. The summed E-state index contributed by atoms with van der Waals surface area (Å²) in [5.74, 6) is -0.684. The lowest BCUT2D eigenvalue weighted by molar-refractivity contribution is -0.200. The van der Waals surface area contributed by atoms with E-state index in [1.54, 1.807) is 6.08 Å². The summed E-state index contributed by atoms with van der Waals surface area (Å²) in [4.78, 5) is 24.1. The summed E-state index contributed by atoms with van der Waals surface area (Å²) in [5, 5.41) is 20.3. The first kappa shape index (κ1) is 18.1. The first-order chi connectivity index (χ1) is 12.2. The number of aliphatic hydroxyl groups excluding tert-OH is 2. The summed E-state index contributed by atoms with van der Waals surface area (Å²) >= 11 is 0. The van der Waals surface area contributed by atoms with Crippen LogP contribution in [0.3, 0.4) is 0 Å². The molecule has 4 nitrogen and oxygen atoms in total. The molecule has 0 bridgehead atoms. The van der Waals surface area contributed by atoms with Gasteiger partial charge in [-0.1, -0.05) is 25.5 Å². The highest BCUT2D eigenvalue weighted by Crippen LogP contribution is 2.68. The number of aliphatic hydroxyl groups is 2. The normalized spacial score (nSPS) is 47.4. The second-order valence-electron chi connectivity index (χ2n) is 9.06. The summed E-state index contributed by atoms with van der Waals surface area (Å²) in [6.45, 7) is 3.25. The van der Waals surface area contributed by atoms with E-state index >= 15 is 4.39 Å². The first-order valence-corrected chi connectivity index (χ1v) is 9.64. The van der Waals surface area contributed by atoms with Crippen molar-refractivity contribution in [3.8, 4) is 0 Å². The first-order valence-electron chi connectivity index (χ1n) is 9.64. The van der Waals surface area contributed by atoms with Crippen LogP contribution >= 0.6 is 0 Å². The Bertz CT molecular complexity index is 740. The number of fused-ring (bicyclic) bond motifs is 5. The van der Waals surface area contributed by atoms with Gasteiger partial charge >= 0.3 is 0 Å². The molecule has 6 atom stereocenters. The number of ketones is 2. The molecule has 4 aliphatic carbocycles. The van der Waals surface area contributed by atoms with Crippen molar-refractivity contribution in [3.63, 3.8) is 0 Å². The number of rotatable bonds is 2. The number of allylic oxidation sites excluding steroid dienone is 3. The zero-order chi connectivity index (χ0) is 18.9. The number of halogens is 1. The molecule has 4 aliphatic rings. The summed E-state index contributed by atoms with van der Waals surface area (Å²) in [6.07, 6.45) is 5.05. The van der Waals surface area contributed by atoms with Crippen LogP contribution in [0.15, 0.2) is 23.3 Å². The minimum Gasteiger partial charge on any atom is -0.390 e. The minimum absolute atomic E-state index is 0.0491. The van der Waals surface area contributed by atoms with Crippen LogP contribution in [0, 0.1) is 22.7 Å². The van der Waals surface area contributed by atoms with Gasteiger partial charge in [-0.15, -0.1) is 0 Å². The average Bonchev–Trinajstić information content (AvgIpc) is 2.93. The highest BCUT2D eigenvalue weighted by molar-refractivity contribution is 5.98. The van der Waals surface area contributed by atoms with Crippen LogP contribution < -0.4 is 0 Å². The van der Waals surface area contributed by atoms with Crippen molar-refractivity contribution in [2.24, 2.45) is 22.7 Å². The number of Topliss-reactive ketones (excluding diaryl/α,β-unsaturated/α-hetero) is 1. The van der Waals surface area contributed by atoms with Crippen molar-refractivity contribution in [1.82, 2.24) is 0 Å². The highest BCUT2D eigenvalue weighted by Gasteiger charge is 2.70. The standard InChI is InChI=1S/C21H27FO4/c1-19-10-18(26)21(22)15(14(19)5-6-16(19)17(25)11-23)4-3-12-9-13(24)7-8-20(12,21)2/h6,9,14-15,18,23,26H,3-5,7-8,10-11H2,1-2H3/t14-,15-,18-,19-,20-,21-/m0/s1. The monoisotopic (exact) mass is 362 g/mol. The third kappa shape index (κ3) is 2.02. The molecule has 2 N–H and O–H groups in total. The SMILES string of the molecule is C[C@]12CCC(=O)C=C1CC[C@H]1[C@@H]3CC=C(C(=O)CO)[C@@]3(C)C[C@H](O)[C@@]12F. The highest BCUT2D eigenvalue weighted by atomic mass is 19.1. The van der Waals surface area contributed by atoms with Gasteiger partial charge in [-0.3, -0.25) is 9.59 Å². The van der Waals surface area contributed by atoms with Crippen LogP contribution in [0.4, 0.5) is 4.39 Å². The molecule has 2 saturated carbocycles. The second-order valence-corrected chi connectivity index (χ2v) is 9.06. The Labute approximate surface area is 153 Å². The number of hydrogen-bond acceptors (Lipinski definition) is 4. The molecule has 4 rings (SSSR count). The Kier molecular flexibility index (Phi) is 3.88. The zero-order valence-corrected chi connectivity index (χ0v) is 15.4. The van der Waals surface area contributed by atoms with Crippen LogP contribution in [-0.2, 0) is 9.59 Å². The molecule has 0 amide bonds. The average molecular weight is 362 g/mol. The summed E-state index contributed by atoms with van der Waals surface area (Å²) in [6, 6.07) is 0. The molecule has 5 heteroatoms. The van der Waals surface area contributed by atoms with Crippen molar-refractivity contribution >= 4 is 11.6 Å². The van der Waals surface area contributed by atoms with Gasteiger partial charge in [0, 0.05) is 23.2 Å². The van der Waals surface area contributed by atoms with Gasteiger partial charge in [-0.25, -0.2) is 4.39 Å². The Balaban J connectivity index is 1.77. The fourth-order valence-corrected chi connectivity index (χ4v) is 6.66. The van der Waals surface area contributed by atoms with Crippen LogP contribution in [0.25, 0.3) is 0 Å². The Morgan fingerprint density at radius 1 is 1.31 bits per heavy atom. The maximum atomic E-state index is 16.7. The molecule has 0 spiro atoms. The van der Waals surface area contributed by atoms with E-state index in [1.807, 2.05) is 19.9 Å². The fraction of sp³-hybridized carbons (Fsp3) is 0.714. The third-order valence-corrected chi connectivity index (χ3v) is 8.07. The lowest BCUT2D eigenvalue weighted by Crippen LogP contribution is -2.67. The van der Waals surface area contributed by atoms with Crippen LogP contribution in [0.5, 0.6) is 0 Å². The van der Waals surface area contributed by atoms with Gasteiger partial charge < -0.3 is 10.2 Å². The zero-order valence-electron chi connectivity index (χ0n) is 15.4. The van der Waals surface area contributed by atoms with Crippen molar-refractivity contribution < 1.29 is 24.2 Å². The summed E-state index contributed by atoms with van der Waals surface area (Å²) in [7, 11) is 0. The molecule has 0 aliphatic heterocycles. The second kappa shape index (κ2) is 5.59. The van der Waals surface area contributed by atoms with E-state index in [-0.39, 0.29) is 29.8 Å². The molecule has 0 radical (unpaired) electrons. The molecule has 0 aromatic carbocycles. The van der Waals surface area contributed by atoms with Gasteiger partial charge in [-0.05, 0) is 49.7 Å². The van der Waals surface area contributed by atoms with E-state index in [0.29, 0.717) is 37.7 Å². The quantitative estimate of drug-likeness (QED) is 0.792. The van der Waals surface area contributed by atoms with Gasteiger partial charge in [0.2, 0.25) is 0 Å². The van der Waals surface area contributed by atoms with Crippen LogP contribution in [0.2, 0.25) is 0 Å². The van der Waals surface area contributed by atoms with Gasteiger partial charge in [-0.2, -0.15) is 0 Å². The largest absolute Gasteiger partial charge is 0.390 e. The predicted octanol–water partition coefficient (Wildman–Crippen LogP) is 2.68. The van der Waals surface area contributed by atoms with Crippen molar-refractivity contribution in [1.29, 1.82) is 0 Å². The maximum Gasteiger partial charge on any atom is 0.184 e. The number of alkyl halides is 1. The van der Waals surface area contributed by atoms with Gasteiger partial charge in [0.25, 0.3) is 0 Å². The maximum absolute atomic E-state index is 16.7. The number of carbonyl (C=O) groups excluding carboxylic acids is 2. The fourth-order valence-electron chi connectivity index (χ4n) is 6.66. The van der Waals surface area contributed by atoms with Crippen molar-refractivity contribution in [2.45, 2.75) is 64.1 Å². The number of hydrogen-bond donors (Lipinski definition) is 2. The molecule has 0 aromatic rings.